The Kier molecular flexibility index (Phi) is 7.43. The molecular formula is C21H24ClN5O4. The number of carbonyl (C=O) groups excluding carboxylic acids is 2. The molecule has 1 aliphatic rings. The van der Waals surface area contributed by atoms with Crippen molar-refractivity contribution >= 4 is 34.9 Å². The zero-order valence-corrected chi connectivity index (χ0v) is 17.8. The van der Waals surface area contributed by atoms with Crippen LogP contribution < -0.4 is 10.6 Å². The molecule has 0 radical (unpaired) electrons. The van der Waals surface area contributed by atoms with Gasteiger partial charge in [-0.25, -0.2) is 4.79 Å². The van der Waals surface area contributed by atoms with Crippen molar-refractivity contribution in [2.45, 2.75) is 13.0 Å². The van der Waals surface area contributed by atoms with Gasteiger partial charge >= 0.3 is 6.03 Å². The van der Waals surface area contributed by atoms with Gasteiger partial charge in [0.1, 0.15) is 11.1 Å². The van der Waals surface area contributed by atoms with Crippen molar-refractivity contribution in [1.29, 1.82) is 0 Å². The number of urea groups is 1. The number of benzene rings is 2. The Morgan fingerprint density at radius 3 is 2.42 bits per heavy atom. The minimum atomic E-state index is -0.604. The molecule has 3 rings (SSSR count). The van der Waals surface area contributed by atoms with E-state index in [4.69, 9.17) is 11.6 Å². The van der Waals surface area contributed by atoms with Gasteiger partial charge in [-0.1, -0.05) is 41.9 Å². The summed E-state index contributed by atoms with van der Waals surface area (Å²) in [5.41, 5.74) is 0.823. The van der Waals surface area contributed by atoms with Crippen LogP contribution in [0.5, 0.6) is 0 Å². The van der Waals surface area contributed by atoms with E-state index >= 15 is 0 Å². The predicted octanol–water partition coefficient (Wildman–Crippen LogP) is 3.28. The predicted molar refractivity (Wildman–Crippen MR) is 118 cm³/mol. The summed E-state index contributed by atoms with van der Waals surface area (Å²) in [6.45, 7) is 4.45. The Hall–Kier alpha value is -3.17. The highest BCUT2D eigenvalue weighted by atomic mass is 35.5. The molecule has 0 spiro atoms. The van der Waals surface area contributed by atoms with E-state index in [-0.39, 0.29) is 22.6 Å². The molecule has 2 aromatic carbocycles. The summed E-state index contributed by atoms with van der Waals surface area (Å²) in [7, 11) is 0. The van der Waals surface area contributed by atoms with Gasteiger partial charge in [0.25, 0.3) is 5.69 Å². The molecule has 10 heteroatoms. The molecule has 164 valence electrons. The monoisotopic (exact) mass is 445 g/mol. The molecule has 0 saturated carbocycles. The lowest BCUT2D eigenvalue weighted by Crippen LogP contribution is -2.53. The zero-order chi connectivity index (χ0) is 22.4. The fraction of sp³-hybridized carbons (Fsp3) is 0.333. The average molecular weight is 446 g/mol. The van der Waals surface area contributed by atoms with Gasteiger partial charge in [0.2, 0.25) is 5.91 Å². The minimum Gasteiger partial charge on any atom is -0.338 e. The maximum absolute atomic E-state index is 13.2. The van der Waals surface area contributed by atoms with Gasteiger partial charge in [-0.05, 0) is 24.6 Å². The molecule has 0 bridgehead atoms. The fourth-order valence-corrected chi connectivity index (χ4v) is 3.74. The second kappa shape index (κ2) is 10.2. The highest BCUT2D eigenvalue weighted by Crippen LogP contribution is 2.29. The average Bonchev–Trinajstić information content (AvgIpc) is 2.76. The minimum absolute atomic E-state index is 0.00378. The Balaban J connectivity index is 1.79. The highest BCUT2D eigenvalue weighted by Gasteiger charge is 2.32. The maximum atomic E-state index is 13.2. The Bertz CT molecular complexity index is 948. The number of nitrogens with one attached hydrogen (secondary N) is 2. The van der Waals surface area contributed by atoms with E-state index in [9.17, 15) is 19.7 Å². The van der Waals surface area contributed by atoms with Gasteiger partial charge in [-0.15, -0.1) is 0 Å². The van der Waals surface area contributed by atoms with E-state index in [1.54, 1.807) is 4.90 Å². The molecular weight excluding hydrogens is 422 g/mol. The van der Waals surface area contributed by atoms with E-state index in [0.29, 0.717) is 38.4 Å². The van der Waals surface area contributed by atoms with Crippen LogP contribution in [0.15, 0.2) is 48.5 Å². The summed E-state index contributed by atoms with van der Waals surface area (Å²) in [5, 5.41) is 16.7. The van der Waals surface area contributed by atoms with Crippen LogP contribution in [0.3, 0.4) is 0 Å². The van der Waals surface area contributed by atoms with Crippen LogP contribution in [0.1, 0.15) is 18.5 Å². The van der Waals surface area contributed by atoms with Gasteiger partial charge in [-0.3, -0.25) is 19.8 Å². The third-order valence-corrected chi connectivity index (χ3v) is 5.39. The van der Waals surface area contributed by atoms with E-state index in [2.05, 4.69) is 10.6 Å². The lowest BCUT2D eigenvalue weighted by atomic mass is 10.0. The molecule has 2 aromatic rings. The number of carbonyl (C=O) groups is 2. The van der Waals surface area contributed by atoms with Crippen LogP contribution >= 0.6 is 11.6 Å². The summed E-state index contributed by atoms with van der Waals surface area (Å²) >= 11 is 5.87. The molecule has 31 heavy (non-hydrogen) atoms. The van der Waals surface area contributed by atoms with Crippen molar-refractivity contribution < 1.29 is 14.5 Å². The van der Waals surface area contributed by atoms with Crippen LogP contribution in [-0.4, -0.2) is 59.4 Å². The molecule has 9 nitrogen and oxygen atoms in total. The van der Waals surface area contributed by atoms with E-state index in [0.717, 1.165) is 5.56 Å². The number of nitrogens with zero attached hydrogens (tertiary/aromatic N) is 3. The molecule has 1 atom stereocenters. The number of amides is 3. The lowest BCUT2D eigenvalue weighted by molar-refractivity contribution is -0.384. The SMILES string of the molecule is CCNC(=O)N1CCN(C(C(=O)Nc2ccc(Cl)c([N+](=O)[O-])c2)c2ccccc2)CC1. The largest absolute Gasteiger partial charge is 0.338 e. The number of hydrogen-bond donors (Lipinski definition) is 2. The quantitative estimate of drug-likeness (QED) is 0.524. The lowest BCUT2D eigenvalue weighted by Gasteiger charge is -2.38. The second-order valence-electron chi connectivity index (χ2n) is 7.08. The molecule has 1 fully saturated rings. The Morgan fingerprint density at radius 2 is 1.81 bits per heavy atom. The van der Waals surface area contributed by atoms with Crippen molar-refractivity contribution in [3.63, 3.8) is 0 Å². The molecule has 0 aromatic heterocycles. The van der Waals surface area contributed by atoms with Crippen molar-refractivity contribution in [3.05, 3.63) is 69.2 Å². The summed E-state index contributed by atoms with van der Waals surface area (Å²) in [4.78, 5) is 39.6. The van der Waals surface area contributed by atoms with Gasteiger partial charge in [0, 0.05) is 44.5 Å². The number of hydrogen-bond acceptors (Lipinski definition) is 5. The molecule has 0 aliphatic carbocycles. The third kappa shape index (κ3) is 5.50. The summed E-state index contributed by atoms with van der Waals surface area (Å²) in [6.07, 6.45) is 0. The van der Waals surface area contributed by atoms with E-state index in [1.165, 1.54) is 18.2 Å². The first kappa shape index (κ1) is 22.5. The maximum Gasteiger partial charge on any atom is 0.317 e. The van der Waals surface area contributed by atoms with E-state index < -0.39 is 11.0 Å². The molecule has 2 N–H and O–H groups in total. The van der Waals surface area contributed by atoms with Gasteiger partial charge in [0.15, 0.2) is 0 Å². The van der Waals surface area contributed by atoms with Crippen molar-refractivity contribution in [2.24, 2.45) is 0 Å². The number of anilines is 1. The molecule has 1 aliphatic heterocycles. The first-order valence-electron chi connectivity index (χ1n) is 9.97. The standard InChI is InChI=1S/C21H24ClN5O4/c1-2-23-21(29)26-12-10-25(11-13-26)19(15-6-4-3-5-7-15)20(28)24-16-8-9-17(22)18(14-16)27(30)31/h3-9,14,19H,2,10-13H2,1H3,(H,23,29)(H,24,28). The van der Waals surface area contributed by atoms with Gasteiger partial charge in [0.05, 0.1) is 4.92 Å². The van der Waals surface area contributed by atoms with Crippen LogP contribution in [-0.2, 0) is 4.79 Å². The van der Waals surface area contributed by atoms with Crippen molar-refractivity contribution in [3.8, 4) is 0 Å². The normalized spacial score (nSPS) is 15.2. The summed E-state index contributed by atoms with van der Waals surface area (Å²) in [5.74, 6) is -0.311. The number of nitro benzene ring substituents is 1. The number of halogens is 1. The van der Waals surface area contributed by atoms with Crippen LogP contribution in [0.25, 0.3) is 0 Å². The molecule has 1 saturated heterocycles. The molecule has 3 amide bonds. The first-order chi connectivity index (χ1) is 14.9. The fourth-order valence-electron chi connectivity index (χ4n) is 3.55. The van der Waals surface area contributed by atoms with Gasteiger partial charge in [-0.2, -0.15) is 0 Å². The smallest absolute Gasteiger partial charge is 0.317 e. The molecule has 1 heterocycles. The summed E-state index contributed by atoms with van der Waals surface area (Å²) < 4.78 is 0. The highest BCUT2D eigenvalue weighted by molar-refractivity contribution is 6.32. The third-order valence-electron chi connectivity index (χ3n) is 5.07. The Morgan fingerprint density at radius 1 is 1.13 bits per heavy atom. The number of rotatable bonds is 6. The topological polar surface area (TPSA) is 108 Å². The Labute approximate surface area is 185 Å². The number of nitro groups is 1. The first-order valence-corrected chi connectivity index (χ1v) is 10.3. The van der Waals surface area contributed by atoms with Crippen LogP contribution in [0.4, 0.5) is 16.2 Å². The molecule has 1 unspecified atom stereocenters. The van der Waals surface area contributed by atoms with Crippen molar-refractivity contribution in [1.82, 2.24) is 15.1 Å². The zero-order valence-electron chi connectivity index (χ0n) is 17.1. The van der Waals surface area contributed by atoms with Crippen LogP contribution in [0, 0.1) is 10.1 Å². The van der Waals surface area contributed by atoms with Crippen LogP contribution in [0.2, 0.25) is 5.02 Å². The second-order valence-corrected chi connectivity index (χ2v) is 7.49. The van der Waals surface area contributed by atoms with Crippen molar-refractivity contribution in [2.75, 3.05) is 38.0 Å². The number of piperazine rings is 1. The van der Waals surface area contributed by atoms with E-state index in [1.807, 2.05) is 42.2 Å². The van der Waals surface area contributed by atoms with Gasteiger partial charge < -0.3 is 15.5 Å². The summed E-state index contributed by atoms with van der Waals surface area (Å²) in [6, 6.07) is 12.8.